The molecule has 1 atom stereocenters. The topological polar surface area (TPSA) is 74.0 Å². The van der Waals surface area contributed by atoms with Gasteiger partial charge in [0.2, 0.25) is 0 Å². The Bertz CT molecular complexity index is 1100. The van der Waals surface area contributed by atoms with Crippen LogP contribution in [0.15, 0.2) is 41.3 Å². The van der Waals surface area contributed by atoms with Gasteiger partial charge in [-0.2, -0.15) is 0 Å². The minimum atomic E-state index is -1.26. The van der Waals surface area contributed by atoms with Gasteiger partial charge in [-0.3, -0.25) is 4.79 Å². The third-order valence-electron chi connectivity index (χ3n) is 3.98. The molecule has 9 heteroatoms. The van der Waals surface area contributed by atoms with Gasteiger partial charge in [0.05, 0.1) is 16.5 Å². The third-order valence-corrected chi connectivity index (χ3v) is 4.27. The molecule has 3 N–H and O–H groups in total. The van der Waals surface area contributed by atoms with Gasteiger partial charge in [-0.25, -0.2) is 18.0 Å². The van der Waals surface area contributed by atoms with Crippen molar-refractivity contribution in [1.29, 1.82) is 0 Å². The molecule has 0 radical (unpaired) electrons. The number of urea groups is 1. The van der Waals surface area contributed by atoms with Gasteiger partial charge >= 0.3 is 6.03 Å². The van der Waals surface area contributed by atoms with Gasteiger partial charge in [0.1, 0.15) is 5.82 Å². The number of aromatic nitrogens is 1. The van der Waals surface area contributed by atoms with E-state index in [4.69, 9.17) is 11.6 Å². The van der Waals surface area contributed by atoms with Crippen LogP contribution < -0.4 is 16.2 Å². The van der Waals surface area contributed by atoms with Crippen LogP contribution in [-0.2, 0) is 0 Å². The first kappa shape index (κ1) is 18.8. The number of amides is 2. The van der Waals surface area contributed by atoms with Crippen molar-refractivity contribution in [2.75, 3.05) is 5.32 Å². The molecule has 2 amide bonds. The molecule has 1 aromatic heterocycles. The molecule has 3 rings (SSSR count). The summed E-state index contributed by atoms with van der Waals surface area (Å²) in [5, 5.41) is 4.69. The van der Waals surface area contributed by atoms with Gasteiger partial charge in [0.25, 0.3) is 5.56 Å². The molecule has 0 saturated carbocycles. The molecule has 2 aromatic carbocycles. The molecule has 140 valence electrons. The molecule has 27 heavy (non-hydrogen) atoms. The summed E-state index contributed by atoms with van der Waals surface area (Å²) in [4.78, 5) is 26.3. The first-order chi connectivity index (χ1) is 12.8. The highest BCUT2D eigenvalue weighted by Gasteiger charge is 2.18. The maximum absolute atomic E-state index is 14.0. The van der Waals surface area contributed by atoms with Crippen LogP contribution in [0.1, 0.15) is 18.5 Å². The number of fused-ring (bicyclic) bond motifs is 1. The number of hydrogen-bond acceptors (Lipinski definition) is 2. The second-order valence-electron chi connectivity index (χ2n) is 5.81. The van der Waals surface area contributed by atoms with Crippen LogP contribution in [0.4, 0.5) is 23.7 Å². The van der Waals surface area contributed by atoms with Crippen molar-refractivity contribution < 1.29 is 18.0 Å². The van der Waals surface area contributed by atoms with Crippen LogP contribution in [0.5, 0.6) is 0 Å². The van der Waals surface area contributed by atoms with E-state index in [1.54, 1.807) is 6.92 Å². The number of aromatic amines is 1. The van der Waals surface area contributed by atoms with E-state index in [0.717, 1.165) is 12.1 Å². The molecule has 1 heterocycles. The summed E-state index contributed by atoms with van der Waals surface area (Å²) < 4.78 is 40.6. The summed E-state index contributed by atoms with van der Waals surface area (Å²) in [5.74, 6) is -3.02. The van der Waals surface area contributed by atoms with Crippen LogP contribution in [0, 0.1) is 17.5 Å². The Kier molecular flexibility index (Phi) is 5.09. The number of rotatable bonds is 3. The first-order valence-electron chi connectivity index (χ1n) is 7.79. The zero-order valence-corrected chi connectivity index (χ0v) is 14.6. The largest absolute Gasteiger partial charge is 0.331 e. The van der Waals surface area contributed by atoms with Crippen molar-refractivity contribution >= 4 is 34.1 Å². The molecular formula is C18H13ClF3N3O2. The molecule has 5 nitrogen and oxygen atoms in total. The number of pyridine rings is 1. The van der Waals surface area contributed by atoms with Crippen LogP contribution in [0.2, 0.25) is 5.02 Å². The highest BCUT2D eigenvalue weighted by molar-refractivity contribution is 6.31. The maximum Gasteiger partial charge on any atom is 0.319 e. The van der Waals surface area contributed by atoms with Crippen molar-refractivity contribution in [2.45, 2.75) is 13.0 Å². The number of H-pyrrole nitrogens is 1. The molecule has 0 aliphatic carbocycles. The summed E-state index contributed by atoms with van der Waals surface area (Å²) in [6.07, 6.45) is 1.32. The molecular weight excluding hydrogens is 383 g/mol. The van der Waals surface area contributed by atoms with E-state index in [1.807, 2.05) is 0 Å². The van der Waals surface area contributed by atoms with E-state index in [2.05, 4.69) is 15.6 Å². The predicted octanol–water partition coefficient (Wildman–Crippen LogP) is 4.48. The fourth-order valence-corrected chi connectivity index (χ4v) is 2.86. The number of carbonyl (C=O) groups excluding carboxylic acids is 1. The number of halogens is 4. The SMILES string of the molecule is CC(NC(=O)Nc1ccc(F)c(Cl)c1)c1c[nH]c(=O)c2c(F)c(F)ccc12. The van der Waals surface area contributed by atoms with Gasteiger partial charge in [-0.1, -0.05) is 17.7 Å². The molecule has 0 saturated heterocycles. The Morgan fingerprint density at radius 1 is 1.15 bits per heavy atom. The zero-order chi connectivity index (χ0) is 19.7. The van der Waals surface area contributed by atoms with Crippen LogP contribution in [-0.4, -0.2) is 11.0 Å². The van der Waals surface area contributed by atoms with Crippen molar-refractivity contribution in [1.82, 2.24) is 10.3 Å². The fourth-order valence-electron chi connectivity index (χ4n) is 2.68. The Balaban J connectivity index is 1.86. The summed E-state index contributed by atoms with van der Waals surface area (Å²) >= 11 is 5.66. The Morgan fingerprint density at radius 2 is 1.85 bits per heavy atom. The minimum absolute atomic E-state index is 0.148. The third kappa shape index (κ3) is 3.75. The van der Waals surface area contributed by atoms with Gasteiger partial charge in [0, 0.05) is 11.9 Å². The standard InChI is InChI=1S/C18H13ClF3N3O2/c1-8(24-18(27)25-9-2-4-13(20)12(19)6-9)11-7-23-17(26)15-10(11)3-5-14(21)16(15)22/h2-8H,1H3,(H,23,26)(H2,24,25,27). The lowest BCUT2D eigenvalue weighted by Crippen LogP contribution is -2.31. The highest BCUT2D eigenvalue weighted by Crippen LogP contribution is 2.25. The lowest BCUT2D eigenvalue weighted by atomic mass is 10.0. The fraction of sp³-hybridized carbons (Fsp3) is 0.111. The summed E-state index contributed by atoms with van der Waals surface area (Å²) in [6, 6.07) is 4.57. The van der Waals surface area contributed by atoms with E-state index < -0.39 is 40.5 Å². The molecule has 1 unspecified atom stereocenters. The quantitative estimate of drug-likeness (QED) is 0.611. The van der Waals surface area contributed by atoms with Gasteiger partial charge in [-0.15, -0.1) is 0 Å². The number of hydrogen-bond donors (Lipinski definition) is 3. The minimum Gasteiger partial charge on any atom is -0.331 e. The number of carbonyl (C=O) groups is 1. The number of nitrogens with one attached hydrogen (secondary N) is 3. The van der Waals surface area contributed by atoms with Gasteiger partial charge < -0.3 is 15.6 Å². The van der Waals surface area contributed by atoms with Crippen molar-refractivity contribution in [3.8, 4) is 0 Å². The molecule has 0 bridgehead atoms. The lowest BCUT2D eigenvalue weighted by Gasteiger charge is -2.17. The summed E-state index contributed by atoms with van der Waals surface area (Å²) in [6.45, 7) is 1.60. The van der Waals surface area contributed by atoms with Crippen molar-refractivity contribution in [2.24, 2.45) is 0 Å². The average molecular weight is 396 g/mol. The van der Waals surface area contributed by atoms with E-state index in [-0.39, 0.29) is 16.1 Å². The Labute approximate surface area is 156 Å². The molecule has 0 aliphatic rings. The van der Waals surface area contributed by atoms with E-state index >= 15 is 0 Å². The number of benzene rings is 2. The summed E-state index contributed by atoms with van der Waals surface area (Å²) in [7, 11) is 0. The smallest absolute Gasteiger partial charge is 0.319 e. The Morgan fingerprint density at radius 3 is 2.56 bits per heavy atom. The van der Waals surface area contributed by atoms with Crippen LogP contribution in [0.25, 0.3) is 10.8 Å². The van der Waals surface area contributed by atoms with E-state index in [9.17, 15) is 22.8 Å². The van der Waals surface area contributed by atoms with Gasteiger partial charge in [-0.05, 0) is 42.1 Å². The monoisotopic (exact) mass is 395 g/mol. The molecule has 0 aliphatic heterocycles. The normalized spacial score (nSPS) is 12.0. The lowest BCUT2D eigenvalue weighted by molar-refractivity contribution is 0.249. The van der Waals surface area contributed by atoms with Crippen molar-refractivity contribution in [3.63, 3.8) is 0 Å². The van der Waals surface area contributed by atoms with Crippen LogP contribution >= 0.6 is 11.6 Å². The highest BCUT2D eigenvalue weighted by atomic mass is 35.5. The van der Waals surface area contributed by atoms with E-state index in [1.165, 1.54) is 24.4 Å². The number of anilines is 1. The Hall–Kier alpha value is -3.00. The van der Waals surface area contributed by atoms with E-state index in [0.29, 0.717) is 5.56 Å². The van der Waals surface area contributed by atoms with Crippen molar-refractivity contribution in [3.05, 3.63) is 74.9 Å². The summed E-state index contributed by atoms with van der Waals surface area (Å²) in [5.41, 5.74) is -0.121. The predicted molar refractivity (Wildman–Crippen MR) is 96.5 cm³/mol. The maximum atomic E-state index is 14.0. The first-order valence-corrected chi connectivity index (χ1v) is 8.17. The van der Waals surface area contributed by atoms with Gasteiger partial charge in [0.15, 0.2) is 11.6 Å². The average Bonchev–Trinajstić information content (AvgIpc) is 2.61. The zero-order valence-electron chi connectivity index (χ0n) is 13.9. The second-order valence-corrected chi connectivity index (χ2v) is 6.21. The molecule has 0 fully saturated rings. The molecule has 3 aromatic rings. The second kappa shape index (κ2) is 7.32. The molecule has 0 spiro atoms. The van der Waals surface area contributed by atoms with Crippen LogP contribution in [0.3, 0.4) is 0 Å².